The number of rotatable bonds is 4. The lowest BCUT2D eigenvalue weighted by molar-refractivity contribution is -0.130. The van der Waals surface area contributed by atoms with Gasteiger partial charge >= 0.3 is 0 Å². The van der Waals surface area contributed by atoms with Crippen LogP contribution in [0.4, 0.5) is 0 Å². The molecule has 0 unspecified atom stereocenters. The van der Waals surface area contributed by atoms with Crippen LogP contribution in [0.5, 0.6) is 5.75 Å². The number of benzene rings is 1. The Morgan fingerprint density at radius 3 is 2.65 bits per heavy atom. The smallest absolute Gasteiger partial charge is 0.219 e. The van der Waals surface area contributed by atoms with Crippen LogP contribution in [0.1, 0.15) is 63.9 Å². The molecule has 1 aromatic rings. The van der Waals surface area contributed by atoms with E-state index in [4.69, 9.17) is 4.74 Å². The third kappa shape index (κ3) is 3.90. The van der Waals surface area contributed by atoms with Gasteiger partial charge in [-0.25, -0.2) is 0 Å². The van der Waals surface area contributed by atoms with E-state index in [0.29, 0.717) is 18.2 Å². The zero-order chi connectivity index (χ0) is 17.9. The fourth-order valence-electron chi connectivity index (χ4n) is 5.18. The summed E-state index contributed by atoms with van der Waals surface area (Å²) in [7, 11) is 0. The third-order valence-corrected chi connectivity index (χ3v) is 6.47. The summed E-state index contributed by atoms with van der Waals surface area (Å²) in [5.41, 5.74) is 1.34. The number of hydrogen-bond acceptors (Lipinski definition) is 3. The molecule has 0 radical (unpaired) electrons. The minimum Gasteiger partial charge on any atom is -0.490 e. The lowest BCUT2D eigenvalue weighted by Gasteiger charge is -2.32. The highest BCUT2D eigenvalue weighted by molar-refractivity contribution is 5.74. The lowest BCUT2D eigenvalue weighted by Crippen LogP contribution is -2.44. The van der Waals surface area contributed by atoms with Crippen molar-refractivity contribution >= 4 is 5.91 Å². The van der Waals surface area contributed by atoms with Crippen LogP contribution in [0.15, 0.2) is 24.3 Å². The van der Waals surface area contributed by atoms with Gasteiger partial charge in [-0.3, -0.25) is 9.69 Å². The Labute approximate surface area is 157 Å². The first-order valence-electron chi connectivity index (χ1n) is 10.5. The standard InChI is InChI=1S/C22H32N2O2/c1-17(25)24-14-12-21-22(24)11-4-5-13-23(21)16-18-7-6-10-20(15-18)26-19-8-2-3-9-19/h6-7,10,15,19,21-22H,2-5,8-9,11-14,16H2,1H3/t21-,22-/m1/s1. The van der Waals surface area contributed by atoms with Gasteiger partial charge in [0.05, 0.1) is 6.10 Å². The van der Waals surface area contributed by atoms with Crippen LogP contribution >= 0.6 is 0 Å². The van der Waals surface area contributed by atoms with Crippen molar-refractivity contribution in [3.8, 4) is 5.75 Å². The minimum atomic E-state index is 0.242. The summed E-state index contributed by atoms with van der Waals surface area (Å²) in [4.78, 5) is 16.7. The Balaban J connectivity index is 1.44. The molecule has 3 aliphatic rings. The molecule has 4 nitrogen and oxygen atoms in total. The van der Waals surface area contributed by atoms with Crippen LogP contribution in [0.2, 0.25) is 0 Å². The van der Waals surface area contributed by atoms with Crippen LogP contribution < -0.4 is 4.74 Å². The molecule has 0 aromatic heterocycles. The molecule has 1 amide bonds. The van der Waals surface area contributed by atoms with Gasteiger partial charge < -0.3 is 9.64 Å². The predicted molar refractivity (Wildman–Crippen MR) is 103 cm³/mol. The van der Waals surface area contributed by atoms with Gasteiger partial charge in [-0.15, -0.1) is 0 Å². The van der Waals surface area contributed by atoms with Crippen LogP contribution in [-0.2, 0) is 11.3 Å². The van der Waals surface area contributed by atoms with Crippen molar-refractivity contribution in [3.05, 3.63) is 29.8 Å². The second-order valence-electron chi connectivity index (χ2n) is 8.27. The molecule has 1 saturated carbocycles. The minimum absolute atomic E-state index is 0.242. The Bertz CT molecular complexity index is 626. The van der Waals surface area contributed by atoms with Crippen molar-refractivity contribution in [3.63, 3.8) is 0 Å². The van der Waals surface area contributed by atoms with E-state index in [1.54, 1.807) is 6.92 Å². The van der Waals surface area contributed by atoms with Crippen molar-refractivity contribution in [1.29, 1.82) is 0 Å². The highest BCUT2D eigenvalue weighted by atomic mass is 16.5. The molecule has 26 heavy (non-hydrogen) atoms. The first-order chi connectivity index (χ1) is 12.7. The van der Waals surface area contributed by atoms with Gasteiger partial charge in [0.2, 0.25) is 5.91 Å². The topological polar surface area (TPSA) is 32.8 Å². The fourth-order valence-corrected chi connectivity index (χ4v) is 5.18. The number of amides is 1. The summed E-state index contributed by atoms with van der Waals surface area (Å²) in [6.45, 7) is 4.75. The van der Waals surface area contributed by atoms with Gasteiger partial charge in [-0.05, 0) is 69.2 Å². The molecular weight excluding hydrogens is 324 g/mol. The zero-order valence-electron chi connectivity index (χ0n) is 16.0. The summed E-state index contributed by atoms with van der Waals surface area (Å²) < 4.78 is 6.19. The summed E-state index contributed by atoms with van der Waals surface area (Å²) in [6, 6.07) is 9.61. The SMILES string of the molecule is CC(=O)N1CC[C@@H]2[C@H]1CCCCN2Cc1cccc(OC2CCCC2)c1. The van der Waals surface area contributed by atoms with E-state index in [1.165, 1.54) is 44.1 Å². The maximum absolute atomic E-state index is 12.0. The third-order valence-electron chi connectivity index (χ3n) is 6.47. The van der Waals surface area contributed by atoms with Gasteiger partial charge in [0, 0.05) is 32.1 Å². The van der Waals surface area contributed by atoms with Gasteiger partial charge in [0.25, 0.3) is 0 Å². The molecular formula is C22H32N2O2. The van der Waals surface area contributed by atoms with Crippen molar-refractivity contribution in [1.82, 2.24) is 9.80 Å². The highest BCUT2D eigenvalue weighted by Gasteiger charge is 2.39. The Hall–Kier alpha value is -1.55. The summed E-state index contributed by atoms with van der Waals surface area (Å²) in [5, 5.41) is 0. The number of likely N-dealkylation sites (tertiary alicyclic amines) is 2. The summed E-state index contributed by atoms with van der Waals surface area (Å²) >= 11 is 0. The maximum Gasteiger partial charge on any atom is 0.219 e. The Morgan fingerprint density at radius 1 is 1.04 bits per heavy atom. The van der Waals surface area contributed by atoms with E-state index in [9.17, 15) is 4.79 Å². The molecule has 2 saturated heterocycles. The van der Waals surface area contributed by atoms with Crippen LogP contribution in [-0.4, -0.2) is 47.0 Å². The largest absolute Gasteiger partial charge is 0.490 e. The molecule has 2 atom stereocenters. The lowest BCUT2D eigenvalue weighted by atomic mass is 10.0. The van der Waals surface area contributed by atoms with Gasteiger partial charge in [-0.2, -0.15) is 0 Å². The number of ether oxygens (including phenoxy) is 1. The first-order valence-corrected chi connectivity index (χ1v) is 10.5. The molecule has 1 aliphatic carbocycles. The van der Waals surface area contributed by atoms with E-state index in [1.807, 2.05) is 0 Å². The Kier molecular flexibility index (Phi) is 5.49. The molecule has 0 N–H and O–H groups in total. The normalized spacial score (nSPS) is 27.3. The van der Waals surface area contributed by atoms with Crippen LogP contribution in [0, 0.1) is 0 Å². The summed E-state index contributed by atoms with van der Waals surface area (Å²) in [5.74, 6) is 1.27. The average molecular weight is 357 g/mol. The van der Waals surface area contributed by atoms with Gasteiger partial charge in [0.1, 0.15) is 5.75 Å². The molecule has 1 aromatic carbocycles. The van der Waals surface area contributed by atoms with Crippen molar-refractivity contribution < 1.29 is 9.53 Å². The quantitative estimate of drug-likeness (QED) is 0.818. The zero-order valence-corrected chi connectivity index (χ0v) is 16.0. The second kappa shape index (κ2) is 7.99. The van der Waals surface area contributed by atoms with E-state index in [-0.39, 0.29) is 5.91 Å². The molecule has 0 bridgehead atoms. The summed E-state index contributed by atoms with van der Waals surface area (Å²) in [6.07, 6.45) is 10.1. The molecule has 0 spiro atoms. The second-order valence-corrected chi connectivity index (χ2v) is 8.27. The van der Waals surface area contributed by atoms with Crippen LogP contribution in [0.3, 0.4) is 0 Å². The monoisotopic (exact) mass is 356 g/mol. The van der Waals surface area contributed by atoms with Crippen molar-refractivity contribution in [2.45, 2.75) is 83.0 Å². The molecule has 2 aliphatic heterocycles. The van der Waals surface area contributed by atoms with E-state index in [0.717, 1.165) is 38.2 Å². The molecule has 4 heteroatoms. The van der Waals surface area contributed by atoms with Crippen molar-refractivity contribution in [2.24, 2.45) is 0 Å². The number of nitrogens with zero attached hydrogens (tertiary/aromatic N) is 2. The van der Waals surface area contributed by atoms with E-state index >= 15 is 0 Å². The highest BCUT2D eigenvalue weighted by Crippen LogP contribution is 2.32. The van der Waals surface area contributed by atoms with Crippen LogP contribution in [0.25, 0.3) is 0 Å². The number of carbonyl (C=O) groups excluding carboxylic acids is 1. The number of fused-ring (bicyclic) bond motifs is 1. The maximum atomic E-state index is 12.0. The molecule has 2 heterocycles. The molecule has 142 valence electrons. The van der Waals surface area contributed by atoms with E-state index in [2.05, 4.69) is 34.1 Å². The molecule has 4 rings (SSSR count). The van der Waals surface area contributed by atoms with Gasteiger partial charge in [-0.1, -0.05) is 18.6 Å². The first kappa shape index (κ1) is 17.8. The predicted octanol–water partition coefficient (Wildman–Crippen LogP) is 3.98. The van der Waals surface area contributed by atoms with Gasteiger partial charge in [0.15, 0.2) is 0 Å². The number of hydrogen-bond donors (Lipinski definition) is 0. The average Bonchev–Trinajstić information content (AvgIpc) is 3.24. The Morgan fingerprint density at radius 2 is 1.85 bits per heavy atom. The van der Waals surface area contributed by atoms with E-state index < -0.39 is 0 Å². The van der Waals surface area contributed by atoms with Crippen molar-refractivity contribution in [2.75, 3.05) is 13.1 Å². The number of carbonyl (C=O) groups is 1. The molecule has 3 fully saturated rings. The fraction of sp³-hybridized carbons (Fsp3) is 0.682.